The molecule has 0 unspecified atom stereocenters. The van der Waals surface area contributed by atoms with E-state index < -0.39 is 0 Å². The first-order chi connectivity index (χ1) is 29.1. The van der Waals surface area contributed by atoms with Gasteiger partial charge in [-0.2, -0.15) is 0 Å². The van der Waals surface area contributed by atoms with Gasteiger partial charge in [-0.05, 0) is 231 Å². The molecule has 0 rings (SSSR count). The zero-order chi connectivity index (χ0) is 45.7. The van der Waals surface area contributed by atoms with Gasteiger partial charge in [-0.15, -0.1) is 0 Å². The molecule has 0 atom stereocenters. The number of hydrogen-bond donors (Lipinski definition) is 1. The quantitative estimate of drug-likeness (QED) is 0.0640. The predicted molar refractivity (Wildman–Crippen MR) is 279 cm³/mol. The SMILES string of the molecule is CC(C)=CCC/C(C)=C/CC/C(C)=C/CC/C(C)=C\CC/C(C)=C\CC/C(C)=C\CC/C(C)=C\CC/C(C)=C\CC/C(C)=C\CC/C(C)=C\CC/C(C)=C\CC/C(C)=C\CO. The highest BCUT2D eigenvalue weighted by atomic mass is 16.2. The fourth-order valence-corrected chi connectivity index (χ4v) is 7.33. The van der Waals surface area contributed by atoms with Crippen LogP contribution in [0.1, 0.15) is 231 Å². The van der Waals surface area contributed by atoms with E-state index in [0.717, 1.165) is 77.0 Å². The monoisotopic (exact) mass is 835 g/mol. The van der Waals surface area contributed by atoms with Crippen molar-refractivity contribution in [3.05, 3.63) is 140 Å². The molecular formula is C60H98O. The van der Waals surface area contributed by atoms with Gasteiger partial charge < -0.3 is 5.11 Å². The lowest BCUT2D eigenvalue weighted by Gasteiger charge is -2.04. The van der Waals surface area contributed by atoms with Gasteiger partial charge >= 0.3 is 0 Å². The second-order valence-electron chi connectivity index (χ2n) is 18.9. The van der Waals surface area contributed by atoms with E-state index in [-0.39, 0.29) is 6.61 Å². The second kappa shape index (κ2) is 38.5. The van der Waals surface area contributed by atoms with Crippen molar-refractivity contribution >= 4 is 0 Å². The molecule has 0 bridgehead atoms. The molecular weight excluding hydrogens is 737 g/mol. The standard InChI is InChI=1S/C60H98O/c1-49(2)25-14-26-50(3)27-15-28-51(4)29-16-30-52(5)31-17-32-53(6)33-18-34-54(7)35-19-36-55(8)37-20-38-56(9)39-21-40-57(10)41-22-42-58(11)43-23-44-59(12)45-24-46-60(13)47-48-61/h25,27,29,31,33,35,37,39,41,43,45,47,61H,14-24,26,28,30,32,34,36,38,40,42,44,46,48H2,1-13H3/b50-27+,51-29+,52-31-,53-33-,54-35-,55-37-,56-39-,57-41-,58-43-,59-45-,60-47-. The maximum Gasteiger partial charge on any atom is 0.0614 e. The molecule has 0 fully saturated rings. The molecule has 0 radical (unpaired) electrons. The third-order valence-electron chi connectivity index (χ3n) is 11.8. The first-order valence-corrected chi connectivity index (χ1v) is 24.6. The van der Waals surface area contributed by atoms with Crippen LogP contribution in [0.25, 0.3) is 0 Å². The normalized spacial score (nSPS) is 15.0. The topological polar surface area (TPSA) is 20.2 Å². The van der Waals surface area contributed by atoms with E-state index in [2.05, 4.69) is 157 Å². The zero-order valence-electron chi connectivity index (χ0n) is 42.6. The van der Waals surface area contributed by atoms with Crippen molar-refractivity contribution in [3.8, 4) is 0 Å². The molecule has 0 spiro atoms. The summed E-state index contributed by atoms with van der Waals surface area (Å²) < 4.78 is 0. The summed E-state index contributed by atoms with van der Waals surface area (Å²) in [5.74, 6) is 0. The average Bonchev–Trinajstić information content (AvgIpc) is 3.18. The molecule has 0 aromatic heterocycles. The Morgan fingerprint density at radius 1 is 0.213 bits per heavy atom. The van der Waals surface area contributed by atoms with Crippen molar-refractivity contribution in [2.24, 2.45) is 0 Å². The summed E-state index contributed by atoms with van der Waals surface area (Å²) in [5, 5.41) is 9.00. The molecule has 1 heteroatoms. The maximum atomic E-state index is 9.00. The third-order valence-corrected chi connectivity index (χ3v) is 11.8. The lowest BCUT2D eigenvalue weighted by Crippen LogP contribution is -1.84. The minimum Gasteiger partial charge on any atom is -0.392 e. The van der Waals surface area contributed by atoms with Crippen molar-refractivity contribution in [3.63, 3.8) is 0 Å². The Bertz CT molecular complexity index is 1570. The molecule has 0 amide bonds. The molecule has 61 heavy (non-hydrogen) atoms. The van der Waals surface area contributed by atoms with Crippen molar-refractivity contribution in [2.45, 2.75) is 231 Å². The molecule has 0 aliphatic rings. The number of aliphatic hydroxyl groups is 1. The largest absolute Gasteiger partial charge is 0.392 e. The van der Waals surface area contributed by atoms with Crippen LogP contribution in [-0.4, -0.2) is 11.7 Å². The summed E-state index contributed by atoms with van der Waals surface area (Å²) in [6.07, 6.45) is 54.1. The van der Waals surface area contributed by atoms with E-state index in [0.29, 0.717) is 0 Å². The molecule has 344 valence electrons. The van der Waals surface area contributed by atoms with Gasteiger partial charge in [0.05, 0.1) is 6.61 Å². The van der Waals surface area contributed by atoms with E-state index >= 15 is 0 Å². The first-order valence-electron chi connectivity index (χ1n) is 24.6. The number of hydrogen-bond acceptors (Lipinski definition) is 1. The first kappa shape index (κ1) is 57.8. The molecule has 0 aliphatic heterocycles. The molecule has 0 aromatic carbocycles. The highest BCUT2D eigenvalue weighted by Gasteiger charge is 1.99. The van der Waals surface area contributed by atoms with Gasteiger partial charge in [0, 0.05) is 0 Å². The van der Waals surface area contributed by atoms with Gasteiger partial charge in [-0.1, -0.05) is 140 Å². The summed E-state index contributed by atoms with van der Waals surface area (Å²) in [6.45, 7) is 29.6. The van der Waals surface area contributed by atoms with Crippen LogP contribution >= 0.6 is 0 Å². The van der Waals surface area contributed by atoms with E-state index in [1.54, 1.807) is 0 Å². The molecule has 0 saturated heterocycles. The van der Waals surface area contributed by atoms with Crippen LogP contribution in [0, 0.1) is 0 Å². The van der Waals surface area contributed by atoms with Gasteiger partial charge in [-0.25, -0.2) is 0 Å². The average molecular weight is 835 g/mol. The van der Waals surface area contributed by atoms with Gasteiger partial charge in [-0.3, -0.25) is 0 Å². The fraction of sp³-hybridized carbons (Fsp3) is 0.600. The predicted octanol–water partition coefficient (Wildman–Crippen LogP) is 19.9. The highest BCUT2D eigenvalue weighted by molar-refractivity contribution is 5.12. The van der Waals surface area contributed by atoms with Gasteiger partial charge in [0.15, 0.2) is 0 Å². The molecule has 1 nitrogen and oxygen atoms in total. The number of allylic oxidation sites excluding steroid dienone is 23. The van der Waals surface area contributed by atoms with Crippen LogP contribution in [0.3, 0.4) is 0 Å². The summed E-state index contributed by atoms with van der Waals surface area (Å²) in [6, 6.07) is 0. The fourth-order valence-electron chi connectivity index (χ4n) is 7.33. The van der Waals surface area contributed by atoms with Crippen molar-refractivity contribution in [1.82, 2.24) is 0 Å². The van der Waals surface area contributed by atoms with Crippen molar-refractivity contribution in [2.75, 3.05) is 6.61 Å². The van der Waals surface area contributed by atoms with Crippen molar-refractivity contribution in [1.29, 1.82) is 0 Å². The van der Waals surface area contributed by atoms with E-state index in [1.807, 2.05) is 6.08 Å². The van der Waals surface area contributed by atoms with E-state index in [1.165, 1.54) is 131 Å². The Labute approximate surface area is 381 Å². The van der Waals surface area contributed by atoms with E-state index in [4.69, 9.17) is 5.11 Å². The summed E-state index contributed by atoms with van der Waals surface area (Å²) in [5.41, 5.74) is 17.9. The Balaban J connectivity index is 4.28. The zero-order valence-corrected chi connectivity index (χ0v) is 42.6. The van der Waals surface area contributed by atoms with Crippen LogP contribution in [0.15, 0.2) is 140 Å². The molecule has 0 aliphatic carbocycles. The molecule has 0 heterocycles. The van der Waals surface area contributed by atoms with Gasteiger partial charge in [0.2, 0.25) is 0 Å². The minimum absolute atomic E-state index is 0.149. The third kappa shape index (κ3) is 39.4. The summed E-state index contributed by atoms with van der Waals surface area (Å²) >= 11 is 0. The second-order valence-corrected chi connectivity index (χ2v) is 18.9. The highest BCUT2D eigenvalue weighted by Crippen LogP contribution is 2.19. The van der Waals surface area contributed by atoms with Crippen LogP contribution in [0.2, 0.25) is 0 Å². The molecule has 0 aromatic rings. The number of aliphatic hydroxyl groups excluding tert-OH is 1. The Kier molecular flexibility index (Phi) is 36.5. The van der Waals surface area contributed by atoms with Crippen LogP contribution < -0.4 is 0 Å². The Hall–Kier alpha value is -3.16. The number of rotatable bonds is 34. The molecule has 1 N–H and O–H groups in total. The minimum atomic E-state index is 0.149. The van der Waals surface area contributed by atoms with Crippen LogP contribution in [0.4, 0.5) is 0 Å². The Morgan fingerprint density at radius 3 is 0.475 bits per heavy atom. The summed E-state index contributed by atoms with van der Waals surface area (Å²) in [7, 11) is 0. The smallest absolute Gasteiger partial charge is 0.0614 e. The van der Waals surface area contributed by atoms with Gasteiger partial charge in [0.1, 0.15) is 0 Å². The van der Waals surface area contributed by atoms with Crippen LogP contribution in [-0.2, 0) is 0 Å². The lowest BCUT2D eigenvalue weighted by atomic mass is 10.0. The van der Waals surface area contributed by atoms with Crippen LogP contribution in [0.5, 0.6) is 0 Å². The van der Waals surface area contributed by atoms with E-state index in [9.17, 15) is 0 Å². The lowest BCUT2D eigenvalue weighted by molar-refractivity contribution is 0.341. The Morgan fingerprint density at radius 2 is 0.344 bits per heavy atom. The maximum absolute atomic E-state index is 9.00. The molecule has 0 saturated carbocycles. The van der Waals surface area contributed by atoms with Gasteiger partial charge in [0.25, 0.3) is 0 Å². The summed E-state index contributed by atoms with van der Waals surface area (Å²) in [4.78, 5) is 0. The van der Waals surface area contributed by atoms with Crippen molar-refractivity contribution < 1.29 is 5.11 Å².